The van der Waals surface area contributed by atoms with Crippen molar-refractivity contribution in [1.82, 2.24) is 4.98 Å². The van der Waals surface area contributed by atoms with Gasteiger partial charge in [0.05, 0.1) is 17.5 Å². The van der Waals surface area contributed by atoms with Gasteiger partial charge < -0.3 is 10.2 Å². The van der Waals surface area contributed by atoms with Crippen LogP contribution < -0.4 is 0 Å². The summed E-state index contributed by atoms with van der Waals surface area (Å²) in [6, 6.07) is 2.29. The Morgan fingerprint density at radius 1 is 1.57 bits per heavy atom. The van der Waals surface area contributed by atoms with E-state index in [0.717, 1.165) is 12.3 Å². The molecule has 0 aliphatic rings. The third-order valence-corrected chi connectivity index (χ3v) is 1.64. The zero-order valence-electron chi connectivity index (χ0n) is 7.14. The molecule has 1 unspecified atom stereocenters. The highest BCUT2D eigenvalue weighted by molar-refractivity contribution is 5.87. The van der Waals surface area contributed by atoms with Gasteiger partial charge in [-0.3, -0.25) is 4.98 Å². The maximum absolute atomic E-state index is 12.4. The van der Waals surface area contributed by atoms with Crippen LogP contribution in [0.15, 0.2) is 30.5 Å². The number of pyridine rings is 1. The lowest BCUT2D eigenvalue weighted by molar-refractivity contribution is -0.133. The topological polar surface area (TPSA) is 70.4 Å². The minimum absolute atomic E-state index is 0.0544. The number of hydrogen-bond acceptors (Lipinski definition) is 3. The van der Waals surface area contributed by atoms with Gasteiger partial charge in [-0.25, -0.2) is 9.18 Å². The molecule has 0 aromatic carbocycles. The first kappa shape index (κ1) is 10.3. The molecule has 0 saturated carbocycles. The first-order valence-corrected chi connectivity index (χ1v) is 3.74. The fourth-order valence-corrected chi connectivity index (χ4v) is 0.844. The lowest BCUT2D eigenvalue weighted by atomic mass is 10.1. The third kappa shape index (κ3) is 2.14. The number of hydrogen-bond donors (Lipinski definition) is 2. The van der Waals surface area contributed by atoms with Crippen molar-refractivity contribution in [2.75, 3.05) is 0 Å². The number of nitrogens with zero attached hydrogens (tertiary/aromatic N) is 1. The summed E-state index contributed by atoms with van der Waals surface area (Å²) in [5.41, 5.74) is -0.345. The van der Waals surface area contributed by atoms with Crippen LogP contribution in [0.1, 0.15) is 11.8 Å². The Morgan fingerprint density at radius 2 is 2.21 bits per heavy atom. The van der Waals surface area contributed by atoms with Crippen LogP contribution >= 0.6 is 0 Å². The van der Waals surface area contributed by atoms with E-state index >= 15 is 0 Å². The Bertz CT molecular complexity index is 361. The summed E-state index contributed by atoms with van der Waals surface area (Å²) >= 11 is 0. The number of rotatable bonds is 3. The Kier molecular flexibility index (Phi) is 2.93. The van der Waals surface area contributed by atoms with E-state index in [4.69, 9.17) is 5.11 Å². The van der Waals surface area contributed by atoms with E-state index in [0.29, 0.717) is 0 Å². The third-order valence-electron chi connectivity index (χ3n) is 1.64. The normalized spacial score (nSPS) is 12.1. The quantitative estimate of drug-likeness (QED) is 0.706. The second-order valence-corrected chi connectivity index (χ2v) is 2.63. The molecule has 0 bridgehead atoms. The number of aliphatic hydroxyl groups excluding tert-OH is 1. The van der Waals surface area contributed by atoms with Crippen molar-refractivity contribution in [3.63, 3.8) is 0 Å². The Balaban J connectivity index is 2.89. The molecule has 4 nitrogen and oxygen atoms in total. The summed E-state index contributed by atoms with van der Waals surface area (Å²) in [4.78, 5) is 14.0. The fourth-order valence-electron chi connectivity index (χ4n) is 0.844. The SMILES string of the molecule is C=C(C(=O)O)C(O)c1ccc(F)cn1. The van der Waals surface area contributed by atoms with Crippen LogP contribution in [0.25, 0.3) is 0 Å². The number of carboxylic acids is 1. The number of aliphatic carboxylic acids is 1. The molecule has 5 heteroatoms. The highest BCUT2D eigenvalue weighted by Gasteiger charge is 2.18. The predicted molar refractivity (Wildman–Crippen MR) is 45.9 cm³/mol. The van der Waals surface area contributed by atoms with Crippen LogP contribution in [-0.4, -0.2) is 21.2 Å². The van der Waals surface area contributed by atoms with Crippen LogP contribution in [0.4, 0.5) is 4.39 Å². The Morgan fingerprint density at radius 3 is 2.64 bits per heavy atom. The van der Waals surface area contributed by atoms with E-state index < -0.39 is 23.5 Å². The second kappa shape index (κ2) is 3.97. The van der Waals surface area contributed by atoms with Gasteiger partial charge >= 0.3 is 5.97 Å². The molecule has 14 heavy (non-hydrogen) atoms. The van der Waals surface area contributed by atoms with E-state index in [-0.39, 0.29) is 5.69 Å². The molecular weight excluding hydrogens is 189 g/mol. The van der Waals surface area contributed by atoms with Crippen molar-refractivity contribution < 1.29 is 19.4 Å². The molecule has 0 spiro atoms. The summed E-state index contributed by atoms with van der Waals surface area (Å²) in [5, 5.41) is 17.9. The Hall–Kier alpha value is -1.75. The van der Waals surface area contributed by atoms with Crippen LogP contribution in [-0.2, 0) is 4.79 Å². The summed E-state index contributed by atoms with van der Waals surface area (Å²) < 4.78 is 12.4. The summed E-state index contributed by atoms with van der Waals surface area (Å²) in [7, 11) is 0. The number of aromatic nitrogens is 1. The fraction of sp³-hybridized carbons (Fsp3) is 0.111. The van der Waals surface area contributed by atoms with Crippen LogP contribution in [0.3, 0.4) is 0 Å². The number of aliphatic hydroxyl groups is 1. The van der Waals surface area contributed by atoms with E-state index in [1.165, 1.54) is 6.07 Å². The van der Waals surface area contributed by atoms with Crippen LogP contribution in [0.5, 0.6) is 0 Å². The molecule has 0 amide bonds. The van der Waals surface area contributed by atoms with Crippen molar-refractivity contribution in [2.45, 2.75) is 6.10 Å². The zero-order chi connectivity index (χ0) is 10.7. The van der Waals surface area contributed by atoms with Gasteiger partial charge in [-0.2, -0.15) is 0 Å². The van der Waals surface area contributed by atoms with E-state index in [2.05, 4.69) is 11.6 Å². The molecule has 0 saturated heterocycles. The van der Waals surface area contributed by atoms with E-state index in [1.54, 1.807) is 0 Å². The van der Waals surface area contributed by atoms with Gasteiger partial charge in [0.15, 0.2) is 0 Å². The van der Waals surface area contributed by atoms with Gasteiger partial charge in [0, 0.05) is 0 Å². The Labute approximate surface area is 79.3 Å². The zero-order valence-corrected chi connectivity index (χ0v) is 7.14. The molecule has 0 fully saturated rings. The second-order valence-electron chi connectivity index (χ2n) is 2.63. The number of carboxylic acid groups (broad SMARTS) is 1. The van der Waals surface area contributed by atoms with Crippen LogP contribution in [0.2, 0.25) is 0 Å². The summed E-state index contributed by atoms with van der Waals surface area (Å²) in [5.74, 6) is -1.87. The molecule has 1 aromatic rings. The van der Waals surface area contributed by atoms with Crippen molar-refractivity contribution >= 4 is 5.97 Å². The molecule has 1 rings (SSSR count). The average molecular weight is 197 g/mol. The first-order chi connectivity index (χ1) is 6.52. The average Bonchev–Trinajstić information content (AvgIpc) is 2.16. The molecule has 0 aliphatic heterocycles. The molecule has 1 atom stereocenters. The van der Waals surface area contributed by atoms with Gasteiger partial charge in [0.2, 0.25) is 0 Å². The van der Waals surface area contributed by atoms with Crippen molar-refractivity contribution in [3.05, 3.63) is 42.0 Å². The smallest absolute Gasteiger partial charge is 0.334 e. The minimum atomic E-state index is -1.41. The lowest BCUT2D eigenvalue weighted by Gasteiger charge is -2.08. The molecule has 0 aliphatic carbocycles. The molecule has 0 radical (unpaired) electrons. The maximum Gasteiger partial charge on any atom is 0.334 e. The monoisotopic (exact) mass is 197 g/mol. The lowest BCUT2D eigenvalue weighted by Crippen LogP contribution is -2.10. The largest absolute Gasteiger partial charge is 0.478 e. The first-order valence-electron chi connectivity index (χ1n) is 3.74. The highest BCUT2D eigenvalue weighted by atomic mass is 19.1. The minimum Gasteiger partial charge on any atom is -0.478 e. The van der Waals surface area contributed by atoms with E-state index in [9.17, 15) is 14.3 Å². The van der Waals surface area contributed by atoms with Gasteiger partial charge in [-0.15, -0.1) is 0 Å². The summed E-state index contributed by atoms with van der Waals surface area (Å²) in [6.07, 6.45) is -0.513. The molecule has 2 N–H and O–H groups in total. The molecular formula is C9H8FNO3. The van der Waals surface area contributed by atoms with Crippen molar-refractivity contribution in [2.24, 2.45) is 0 Å². The van der Waals surface area contributed by atoms with Gasteiger partial charge in [0.25, 0.3) is 0 Å². The standard InChI is InChI=1S/C9H8FNO3/c1-5(9(13)14)8(12)7-3-2-6(10)4-11-7/h2-4,8,12H,1H2,(H,13,14). The predicted octanol–water partition coefficient (Wildman–Crippen LogP) is 0.895. The van der Waals surface area contributed by atoms with Crippen LogP contribution in [0, 0.1) is 5.82 Å². The van der Waals surface area contributed by atoms with Gasteiger partial charge in [0.1, 0.15) is 11.9 Å². The van der Waals surface area contributed by atoms with Crippen molar-refractivity contribution in [1.29, 1.82) is 0 Å². The number of halogens is 1. The highest BCUT2D eigenvalue weighted by Crippen LogP contribution is 2.17. The van der Waals surface area contributed by atoms with Crippen molar-refractivity contribution in [3.8, 4) is 0 Å². The van der Waals surface area contributed by atoms with Gasteiger partial charge in [-0.05, 0) is 12.1 Å². The number of carbonyl (C=O) groups is 1. The maximum atomic E-state index is 12.4. The summed E-state index contributed by atoms with van der Waals surface area (Å²) in [6.45, 7) is 3.17. The molecule has 1 aromatic heterocycles. The van der Waals surface area contributed by atoms with E-state index in [1.807, 2.05) is 0 Å². The van der Waals surface area contributed by atoms with Gasteiger partial charge in [-0.1, -0.05) is 6.58 Å². The molecule has 74 valence electrons. The molecule has 1 heterocycles.